The van der Waals surface area contributed by atoms with E-state index in [0.29, 0.717) is 12.4 Å². The molecule has 0 saturated heterocycles. The minimum Gasteiger partial charge on any atom is -0.398 e. The first-order chi connectivity index (χ1) is 10.3. The molecule has 0 atom stereocenters. The Labute approximate surface area is 125 Å². The van der Waals surface area contributed by atoms with Crippen LogP contribution >= 0.6 is 0 Å². The van der Waals surface area contributed by atoms with E-state index in [-0.39, 0.29) is 0 Å². The SMILES string of the molecule is CCCCc1noc(CN2CCc3cccc(N)c3C2)n1. The smallest absolute Gasteiger partial charge is 0.240 e. The van der Waals surface area contributed by atoms with E-state index in [1.165, 1.54) is 11.1 Å². The van der Waals surface area contributed by atoms with Gasteiger partial charge in [-0.05, 0) is 30.0 Å². The van der Waals surface area contributed by atoms with Gasteiger partial charge in [0.15, 0.2) is 5.82 Å². The number of benzene rings is 1. The summed E-state index contributed by atoms with van der Waals surface area (Å²) in [5, 5.41) is 4.04. The van der Waals surface area contributed by atoms with Gasteiger partial charge in [-0.25, -0.2) is 0 Å². The molecular formula is C16H22N4O. The third-order valence-corrected chi connectivity index (χ3v) is 4.01. The van der Waals surface area contributed by atoms with Crippen LogP contribution in [0.2, 0.25) is 0 Å². The van der Waals surface area contributed by atoms with E-state index < -0.39 is 0 Å². The van der Waals surface area contributed by atoms with Crippen molar-refractivity contribution < 1.29 is 4.52 Å². The van der Waals surface area contributed by atoms with Crippen LogP contribution in [-0.4, -0.2) is 21.6 Å². The second-order valence-corrected chi connectivity index (χ2v) is 5.65. The molecule has 0 radical (unpaired) electrons. The molecule has 1 aromatic carbocycles. The number of hydrogen-bond acceptors (Lipinski definition) is 5. The van der Waals surface area contributed by atoms with Gasteiger partial charge in [0.25, 0.3) is 0 Å². The maximum atomic E-state index is 6.08. The Morgan fingerprint density at radius 3 is 3.14 bits per heavy atom. The summed E-state index contributed by atoms with van der Waals surface area (Å²) in [4.78, 5) is 6.78. The van der Waals surface area contributed by atoms with Gasteiger partial charge in [-0.1, -0.05) is 30.6 Å². The summed E-state index contributed by atoms with van der Waals surface area (Å²) < 4.78 is 5.35. The fraction of sp³-hybridized carbons (Fsp3) is 0.500. The number of hydrogen-bond donors (Lipinski definition) is 1. The van der Waals surface area contributed by atoms with Crippen LogP contribution in [0.15, 0.2) is 22.7 Å². The average Bonchev–Trinajstić information content (AvgIpc) is 2.93. The van der Waals surface area contributed by atoms with Crippen LogP contribution in [0.3, 0.4) is 0 Å². The van der Waals surface area contributed by atoms with E-state index >= 15 is 0 Å². The first-order valence-corrected chi connectivity index (χ1v) is 7.66. The second kappa shape index (κ2) is 6.26. The number of rotatable bonds is 5. The average molecular weight is 286 g/mol. The second-order valence-electron chi connectivity index (χ2n) is 5.65. The minimum atomic E-state index is 0.701. The summed E-state index contributed by atoms with van der Waals surface area (Å²) >= 11 is 0. The Morgan fingerprint density at radius 1 is 1.38 bits per heavy atom. The predicted molar refractivity (Wildman–Crippen MR) is 81.6 cm³/mol. The van der Waals surface area contributed by atoms with Crippen molar-refractivity contribution in [2.24, 2.45) is 0 Å². The Balaban J connectivity index is 1.64. The lowest BCUT2D eigenvalue weighted by molar-refractivity contribution is 0.211. The van der Waals surface area contributed by atoms with Crippen LogP contribution in [0.5, 0.6) is 0 Å². The van der Waals surface area contributed by atoms with Crippen LogP contribution in [0, 0.1) is 0 Å². The number of anilines is 1. The van der Waals surface area contributed by atoms with Crippen molar-refractivity contribution in [3.8, 4) is 0 Å². The van der Waals surface area contributed by atoms with Gasteiger partial charge in [-0.2, -0.15) is 4.98 Å². The molecule has 112 valence electrons. The summed E-state index contributed by atoms with van der Waals surface area (Å²) in [7, 11) is 0. The van der Waals surface area contributed by atoms with Crippen molar-refractivity contribution in [3.63, 3.8) is 0 Å². The summed E-state index contributed by atoms with van der Waals surface area (Å²) in [6.45, 7) is 4.72. The van der Waals surface area contributed by atoms with Crippen LogP contribution in [-0.2, 0) is 25.9 Å². The normalized spacial score (nSPS) is 15.1. The van der Waals surface area contributed by atoms with Gasteiger partial charge in [-0.15, -0.1) is 0 Å². The van der Waals surface area contributed by atoms with Gasteiger partial charge in [0.05, 0.1) is 6.54 Å². The molecule has 1 aromatic heterocycles. The Morgan fingerprint density at radius 2 is 2.29 bits per heavy atom. The number of aromatic nitrogens is 2. The number of nitrogens with two attached hydrogens (primary N) is 1. The monoisotopic (exact) mass is 286 g/mol. The molecule has 0 fully saturated rings. The molecule has 0 amide bonds. The zero-order valence-corrected chi connectivity index (χ0v) is 12.5. The zero-order valence-electron chi connectivity index (χ0n) is 12.5. The molecule has 2 N–H and O–H groups in total. The fourth-order valence-electron chi connectivity index (χ4n) is 2.78. The largest absolute Gasteiger partial charge is 0.398 e. The molecule has 2 aromatic rings. The highest BCUT2D eigenvalue weighted by Crippen LogP contribution is 2.25. The molecule has 0 bridgehead atoms. The van der Waals surface area contributed by atoms with Crippen LogP contribution in [0.25, 0.3) is 0 Å². The summed E-state index contributed by atoms with van der Waals surface area (Å²) in [5.41, 5.74) is 9.57. The highest BCUT2D eigenvalue weighted by molar-refractivity contribution is 5.51. The van der Waals surface area contributed by atoms with Gasteiger partial charge >= 0.3 is 0 Å². The van der Waals surface area contributed by atoms with Gasteiger partial charge in [0.1, 0.15) is 0 Å². The van der Waals surface area contributed by atoms with Crippen LogP contribution in [0.4, 0.5) is 5.69 Å². The van der Waals surface area contributed by atoms with Crippen molar-refractivity contribution in [2.75, 3.05) is 12.3 Å². The molecule has 0 aliphatic carbocycles. The van der Waals surface area contributed by atoms with E-state index in [0.717, 1.165) is 50.3 Å². The molecule has 5 heteroatoms. The van der Waals surface area contributed by atoms with Crippen molar-refractivity contribution in [2.45, 2.75) is 45.7 Å². The fourth-order valence-corrected chi connectivity index (χ4v) is 2.78. The van der Waals surface area contributed by atoms with Crippen molar-refractivity contribution in [1.29, 1.82) is 0 Å². The first-order valence-electron chi connectivity index (χ1n) is 7.66. The maximum Gasteiger partial charge on any atom is 0.240 e. The van der Waals surface area contributed by atoms with Gasteiger partial charge < -0.3 is 10.3 Å². The first kappa shape index (κ1) is 14.1. The third-order valence-electron chi connectivity index (χ3n) is 4.01. The van der Waals surface area contributed by atoms with Crippen molar-refractivity contribution in [3.05, 3.63) is 41.0 Å². The lowest BCUT2D eigenvalue weighted by Crippen LogP contribution is -2.30. The lowest BCUT2D eigenvalue weighted by Gasteiger charge is -2.28. The summed E-state index contributed by atoms with van der Waals surface area (Å²) in [6, 6.07) is 6.16. The van der Waals surface area contributed by atoms with E-state index in [4.69, 9.17) is 10.3 Å². The Bertz CT molecular complexity index is 608. The Kier molecular flexibility index (Phi) is 4.20. The molecule has 2 heterocycles. The molecule has 1 aliphatic heterocycles. The van der Waals surface area contributed by atoms with E-state index in [1.807, 2.05) is 12.1 Å². The predicted octanol–water partition coefficient (Wildman–Crippen LogP) is 2.55. The van der Waals surface area contributed by atoms with Crippen LogP contribution in [0.1, 0.15) is 42.6 Å². The highest BCUT2D eigenvalue weighted by atomic mass is 16.5. The van der Waals surface area contributed by atoms with Crippen molar-refractivity contribution >= 4 is 5.69 Å². The molecule has 0 saturated carbocycles. The molecule has 5 nitrogen and oxygen atoms in total. The number of nitrogens with zero attached hydrogens (tertiary/aromatic N) is 3. The summed E-state index contributed by atoms with van der Waals surface area (Å²) in [6.07, 6.45) is 4.17. The van der Waals surface area contributed by atoms with E-state index in [2.05, 4.69) is 28.0 Å². The number of fused-ring (bicyclic) bond motifs is 1. The molecule has 21 heavy (non-hydrogen) atoms. The van der Waals surface area contributed by atoms with Crippen molar-refractivity contribution in [1.82, 2.24) is 15.0 Å². The minimum absolute atomic E-state index is 0.701. The third kappa shape index (κ3) is 3.24. The maximum absolute atomic E-state index is 6.08. The topological polar surface area (TPSA) is 68.2 Å². The standard InChI is InChI=1S/C16H22N4O/c1-2-3-7-15-18-16(21-19-15)11-20-9-8-12-5-4-6-14(17)13(12)10-20/h4-6H,2-3,7-11,17H2,1H3. The summed E-state index contributed by atoms with van der Waals surface area (Å²) in [5.74, 6) is 1.53. The van der Waals surface area contributed by atoms with Gasteiger partial charge in [0.2, 0.25) is 5.89 Å². The molecule has 0 spiro atoms. The number of aryl methyl sites for hydroxylation is 1. The number of nitrogen functional groups attached to an aromatic ring is 1. The molecule has 0 unspecified atom stereocenters. The van der Waals surface area contributed by atoms with Crippen LogP contribution < -0.4 is 5.73 Å². The Hall–Kier alpha value is -1.88. The molecule has 1 aliphatic rings. The zero-order chi connectivity index (χ0) is 14.7. The van der Waals surface area contributed by atoms with Gasteiger partial charge in [-0.3, -0.25) is 4.90 Å². The van der Waals surface area contributed by atoms with Gasteiger partial charge in [0, 0.05) is 25.2 Å². The van der Waals surface area contributed by atoms with E-state index in [9.17, 15) is 0 Å². The van der Waals surface area contributed by atoms with E-state index in [1.54, 1.807) is 0 Å². The lowest BCUT2D eigenvalue weighted by atomic mass is 9.98. The quantitative estimate of drug-likeness (QED) is 0.855. The molecular weight excluding hydrogens is 264 g/mol. The molecule has 3 rings (SSSR count). The number of unbranched alkanes of at least 4 members (excludes halogenated alkanes) is 1. The highest BCUT2D eigenvalue weighted by Gasteiger charge is 2.20.